The van der Waals surface area contributed by atoms with Crippen LogP contribution in [0.3, 0.4) is 0 Å². The van der Waals surface area contributed by atoms with Gasteiger partial charge in [-0.3, -0.25) is 11.3 Å². The van der Waals surface area contributed by atoms with Crippen molar-refractivity contribution in [3.05, 3.63) is 35.4 Å². The van der Waals surface area contributed by atoms with Crippen LogP contribution in [-0.4, -0.2) is 0 Å². The Morgan fingerprint density at radius 2 is 1.89 bits per heavy atom. The summed E-state index contributed by atoms with van der Waals surface area (Å²) >= 11 is 0. The van der Waals surface area contributed by atoms with Gasteiger partial charge < -0.3 is 0 Å². The van der Waals surface area contributed by atoms with Crippen molar-refractivity contribution in [2.24, 2.45) is 11.8 Å². The molecule has 100 valence electrons. The maximum atomic E-state index is 5.84. The minimum atomic E-state index is 0.303. The maximum absolute atomic E-state index is 5.84. The van der Waals surface area contributed by atoms with Crippen molar-refractivity contribution in [3.63, 3.8) is 0 Å². The van der Waals surface area contributed by atoms with Crippen molar-refractivity contribution in [2.75, 3.05) is 0 Å². The van der Waals surface area contributed by atoms with Gasteiger partial charge >= 0.3 is 0 Å². The summed E-state index contributed by atoms with van der Waals surface area (Å²) in [5.41, 5.74) is 6.02. The van der Waals surface area contributed by atoms with Crippen LogP contribution in [0.4, 0.5) is 0 Å². The maximum Gasteiger partial charge on any atom is 0.0490 e. The lowest BCUT2D eigenvalue weighted by Crippen LogP contribution is -2.34. The fourth-order valence-electron chi connectivity index (χ4n) is 3.13. The molecular weight excluding hydrogens is 220 g/mol. The van der Waals surface area contributed by atoms with Crippen molar-refractivity contribution < 1.29 is 0 Å². The molecule has 1 unspecified atom stereocenters. The number of nitrogens with two attached hydrogens (primary N) is 1. The highest BCUT2D eigenvalue weighted by atomic mass is 15.2. The SMILES string of the molecule is CCC(CC)C(NN)c1ccccc1C1CCC1. The third-order valence-corrected chi connectivity index (χ3v) is 4.58. The van der Waals surface area contributed by atoms with Gasteiger partial charge in [0.25, 0.3) is 0 Å². The van der Waals surface area contributed by atoms with E-state index < -0.39 is 0 Å². The Labute approximate surface area is 111 Å². The van der Waals surface area contributed by atoms with Crippen LogP contribution < -0.4 is 11.3 Å². The standard InChI is InChI=1S/C16H26N2/c1-3-12(4-2)16(18-17)15-11-6-5-10-14(15)13-8-7-9-13/h5-6,10-13,16,18H,3-4,7-9,17H2,1-2H3. The fourth-order valence-corrected chi connectivity index (χ4v) is 3.13. The first kappa shape index (κ1) is 13.6. The van der Waals surface area contributed by atoms with Crippen LogP contribution in [0, 0.1) is 5.92 Å². The molecule has 0 aromatic heterocycles. The summed E-state index contributed by atoms with van der Waals surface area (Å²) in [6.07, 6.45) is 6.41. The van der Waals surface area contributed by atoms with E-state index in [2.05, 4.69) is 43.5 Å². The van der Waals surface area contributed by atoms with Gasteiger partial charge in [-0.15, -0.1) is 0 Å². The molecule has 18 heavy (non-hydrogen) atoms. The van der Waals surface area contributed by atoms with Crippen LogP contribution in [0.1, 0.15) is 69.0 Å². The van der Waals surface area contributed by atoms with Gasteiger partial charge in [-0.1, -0.05) is 57.4 Å². The molecule has 1 aliphatic carbocycles. The molecule has 0 amide bonds. The summed E-state index contributed by atoms with van der Waals surface area (Å²) in [4.78, 5) is 0. The molecular formula is C16H26N2. The summed E-state index contributed by atoms with van der Waals surface area (Å²) < 4.78 is 0. The van der Waals surface area contributed by atoms with E-state index in [-0.39, 0.29) is 0 Å². The molecule has 0 saturated heterocycles. The first-order chi connectivity index (χ1) is 8.81. The highest BCUT2D eigenvalue weighted by molar-refractivity contribution is 5.34. The minimum absolute atomic E-state index is 0.303. The fraction of sp³-hybridized carbons (Fsp3) is 0.625. The van der Waals surface area contributed by atoms with Crippen molar-refractivity contribution in [2.45, 2.75) is 57.9 Å². The Morgan fingerprint density at radius 3 is 2.39 bits per heavy atom. The largest absolute Gasteiger partial charge is 0.271 e. The predicted molar refractivity (Wildman–Crippen MR) is 77.2 cm³/mol. The molecule has 0 spiro atoms. The summed E-state index contributed by atoms with van der Waals surface area (Å²) in [5.74, 6) is 7.23. The zero-order valence-corrected chi connectivity index (χ0v) is 11.7. The molecule has 0 heterocycles. The molecule has 2 nitrogen and oxygen atoms in total. The molecule has 0 aliphatic heterocycles. The smallest absolute Gasteiger partial charge is 0.0490 e. The van der Waals surface area contributed by atoms with E-state index in [0.29, 0.717) is 12.0 Å². The zero-order valence-electron chi connectivity index (χ0n) is 11.7. The number of nitrogens with one attached hydrogen (secondary N) is 1. The number of rotatable bonds is 6. The second-order valence-corrected chi connectivity index (χ2v) is 5.48. The summed E-state index contributed by atoms with van der Waals surface area (Å²) in [6, 6.07) is 9.17. The molecule has 0 bridgehead atoms. The molecule has 3 N–H and O–H groups in total. The lowest BCUT2D eigenvalue weighted by atomic mass is 9.75. The predicted octanol–water partition coefficient (Wildman–Crippen LogP) is 3.89. The second kappa shape index (κ2) is 6.35. The molecule has 0 radical (unpaired) electrons. The normalized spacial score (nSPS) is 17.8. The Hall–Kier alpha value is -0.860. The highest BCUT2D eigenvalue weighted by Gasteiger charge is 2.27. The molecule has 2 rings (SSSR count). The summed E-state index contributed by atoms with van der Waals surface area (Å²) in [5, 5.41) is 0. The van der Waals surface area contributed by atoms with E-state index in [0.717, 1.165) is 5.92 Å². The third kappa shape index (κ3) is 2.60. The Balaban J connectivity index is 2.29. The van der Waals surface area contributed by atoms with Crippen LogP contribution in [0.25, 0.3) is 0 Å². The summed E-state index contributed by atoms with van der Waals surface area (Å²) in [6.45, 7) is 4.51. The van der Waals surface area contributed by atoms with Gasteiger partial charge in [0.1, 0.15) is 0 Å². The van der Waals surface area contributed by atoms with E-state index in [1.165, 1.54) is 43.2 Å². The van der Waals surface area contributed by atoms with Crippen LogP contribution in [0.5, 0.6) is 0 Å². The first-order valence-corrected chi connectivity index (χ1v) is 7.36. The third-order valence-electron chi connectivity index (χ3n) is 4.58. The van der Waals surface area contributed by atoms with Crippen LogP contribution >= 0.6 is 0 Å². The Kier molecular flexibility index (Phi) is 4.79. The van der Waals surface area contributed by atoms with Gasteiger partial charge in [0.2, 0.25) is 0 Å². The van der Waals surface area contributed by atoms with Gasteiger partial charge in [0.05, 0.1) is 0 Å². The van der Waals surface area contributed by atoms with Gasteiger partial charge in [0, 0.05) is 6.04 Å². The van der Waals surface area contributed by atoms with Gasteiger partial charge in [-0.05, 0) is 35.8 Å². The second-order valence-electron chi connectivity index (χ2n) is 5.48. The molecule has 1 fully saturated rings. The summed E-state index contributed by atoms with van der Waals surface area (Å²) in [7, 11) is 0. The lowest BCUT2D eigenvalue weighted by molar-refractivity contribution is 0.336. The van der Waals surface area contributed by atoms with Gasteiger partial charge in [-0.2, -0.15) is 0 Å². The average Bonchev–Trinajstić information content (AvgIpc) is 2.35. The number of hydrazine groups is 1. The monoisotopic (exact) mass is 246 g/mol. The Bertz CT molecular complexity index is 367. The topological polar surface area (TPSA) is 38.0 Å². The van der Waals surface area contributed by atoms with Crippen molar-refractivity contribution in [1.29, 1.82) is 0 Å². The number of hydrogen-bond donors (Lipinski definition) is 2. The van der Waals surface area contributed by atoms with E-state index in [1.807, 2.05) is 0 Å². The average molecular weight is 246 g/mol. The molecule has 1 aromatic rings. The van der Waals surface area contributed by atoms with E-state index in [1.54, 1.807) is 0 Å². The number of hydrogen-bond acceptors (Lipinski definition) is 2. The Morgan fingerprint density at radius 1 is 1.22 bits per heavy atom. The van der Waals surface area contributed by atoms with Crippen molar-refractivity contribution in [1.82, 2.24) is 5.43 Å². The van der Waals surface area contributed by atoms with Crippen molar-refractivity contribution in [3.8, 4) is 0 Å². The van der Waals surface area contributed by atoms with Gasteiger partial charge in [-0.25, -0.2) is 0 Å². The quantitative estimate of drug-likeness (QED) is 0.590. The minimum Gasteiger partial charge on any atom is -0.271 e. The van der Waals surface area contributed by atoms with Gasteiger partial charge in [0.15, 0.2) is 0 Å². The lowest BCUT2D eigenvalue weighted by Gasteiger charge is -2.33. The number of benzene rings is 1. The van der Waals surface area contributed by atoms with Crippen LogP contribution in [0.15, 0.2) is 24.3 Å². The van der Waals surface area contributed by atoms with E-state index in [9.17, 15) is 0 Å². The molecule has 1 saturated carbocycles. The molecule has 2 heteroatoms. The van der Waals surface area contributed by atoms with Crippen LogP contribution in [0.2, 0.25) is 0 Å². The molecule has 1 aliphatic rings. The highest BCUT2D eigenvalue weighted by Crippen LogP contribution is 2.41. The van der Waals surface area contributed by atoms with Crippen LogP contribution in [-0.2, 0) is 0 Å². The molecule has 1 aromatic carbocycles. The molecule has 1 atom stereocenters. The zero-order chi connectivity index (χ0) is 13.0. The first-order valence-electron chi connectivity index (χ1n) is 7.36. The van der Waals surface area contributed by atoms with E-state index in [4.69, 9.17) is 5.84 Å². The van der Waals surface area contributed by atoms with Crippen molar-refractivity contribution >= 4 is 0 Å². The van der Waals surface area contributed by atoms with E-state index >= 15 is 0 Å².